The van der Waals surface area contributed by atoms with E-state index in [1.165, 1.54) is 6.92 Å². The molecule has 1 unspecified atom stereocenters. The maximum atomic E-state index is 12.2. The minimum Gasteiger partial charge on any atom is -0.464 e. The molecule has 0 fully saturated rings. The predicted molar refractivity (Wildman–Crippen MR) is 36.2 cm³/mol. The Bertz CT molecular complexity index is 216. The van der Waals surface area contributed by atoms with Gasteiger partial charge in [-0.15, -0.1) is 0 Å². The molecule has 0 aromatic rings. The van der Waals surface area contributed by atoms with Crippen LogP contribution in [0.1, 0.15) is 13.8 Å². The molecule has 4 nitrogen and oxygen atoms in total. The summed E-state index contributed by atoms with van der Waals surface area (Å²) in [5.74, 6) is -1.56. The lowest BCUT2D eigenvalue weighted by atomic mass is 10.0. The van der Waals surface area contributed by atoms with Crippen LogP contribution in [0, 0.1) is 5.53 Å². The monoisotopic (exact) mass is 198 g/mol. The summed E-state index contributed by atoms with van der Waals surface area (Å²) in [7, 11) is 0. The summed E-state index contributed by atoms with van der Waals surface area (Å²) in [6.45, 7) is 1.69. The van der Waals surface area contributed by atoms with Gasteiger partial charge in [-0.05, 0) is 13.8 Å². The van der Waals surface area contributed by atoms with E-state index in [0.29, 0.717) is 6.92 Å². The van der Waals surface area contributed by atoms with Crippen molar-refractivity contribution in [1.82, 2.24) is 0 Å². The van der Waals surface area contributed by atoms with E-state index in [-0.39, 0.29) is 6.61 Å². The number of hydrogen-bond donors (Lipinski definition) is 1. The largest absolute Gasteiger partial charge is 0.464 e. The van der Waals surface area contributed by atoms with Gasteiger partial charge in [0.1, 0.15) is 0 Å². The van der Waals surface area contributed by atoms with Gasteiger partial charge in [0, 0.05) is 0 Å². The van der Waals surface area contributed by atoms with Gasteiger partial charge in [-0.25, -0.2) is 10.3 Å². The first kappa shape index (κ1) is 11.9. The standard InChI is InChI=1S/C6H9F3N2O2/c1-3-13-4(12)5(2,11-10)6(7,8)9/h10H,3H2,1-2H3. The highest BCUT2D eigenvalue weighted by Crippen LogP contribution is 2.34. The van der Waals surface area contributed by atoms with Crippen molar-refractivity contribution in [3.63, 3.8) is 0 Å². The van der Waals surface area contributed by atoms with Gasteiger partial charge in [0.25, 0.3) is 5.54 Å². The number of rotatable bonds is 3. The van der Waals surface area contributed by atoms with Crippen LogP contribution in [0.25, 0.3) is 0 Å². The molecule has 0 aromatic heterocycles. The molecule has 0 spiro atoms. The van der Waals surface area contributed by atoms with E-state index in [4.69, 9.17) is 5.53 Å². The predicted octanol–water partition coefficient (Wildman–Crippen LogP) is 1.90. The number of alkyl halides is 3. The molecule has 0 aromatic carbocycles. The summed E-state index contributed by atoms with van der Waals surface area (Å²) in [6, 6.07) is 0. The Labute approximate surface area is 72.6 Å². The zero-order valence-corrected chi connectivity index (χ0v) is 7.10. The van der Waals surface area contributed by atoms with E-state index in [2.05, 4.69) is 9.85 Å². The van der Waals surface area contributed by atoms with Crippen LogP contribution < -0.4 is 0 Å². The molecule has 7 heteroatoms. The van der Waals surface area contributed by atoms with E-state index < -0.39 is 17.7 Å². The number of hydrogen-bond acceptors (Lipinski definition) is 4. The second kappa shape index (κ2) is 3.71. The summed E-state index contributed by atoms with van der Waals surface area (Å²) < 4.78 is 40.6. The fourth-order valence-corrected chi connectivity index (χ4v) is 0.496. The van der Waals surface area contributed by atoms with Gasteiger partial charge in [0.15, 0.2) is 0 Å². The van der Waals surface area contributed by atoms with Crippen molar-refractivity contribution >= 4 is 5.97 Å². The maximum absolute atomic E-state index is 12.2. The normalized spacial score (nSPS) is 16.1. The zero-order chi connectivity index (χ0) is 10.7. The third-order valence-electron chi connectivity index (χ3n) is 1.45. The fraction of sp³-hybridized carbons (Fsp3) is 0.833. The van der Waals surface area contributed by atoms with E-state index in [0.717, 1.165) is 0 Å². The number of carbonyl (C=O) groups is 1. The number of nitrogens with zero attached hydrogens (tertiary/aromatic N) is 1. The Kier molecular flexibility index (Phi) is 3.39. The van der Waals surface area contributed by atoms with Gasteiger partial charge in [0.05, 0.1) is 6.61 Å². The van der Waals surface area contributed by atoms with Crippen molar-refractivity contribution in [3.8, 4) is 0 Å². The van der Waals surface area contributed by atoms with Crippen molar-refractivity contribution in [2.45, 2.75) is 25.6 Å². The van der Waals surface area contributed by atoms with Gasteiger partial charge in [-0.1, -0.05) is 0 Å². The first-order chi connectivity index (χ1) is 5.79. The molecule has 0 heterocycles. The summed E-state index contributed by atoms with van der Waals surface area (Å²) in [5.41, 5.74) is 3.24. The molecule has 1 atom stereocenters. The molecule has 0 aliphatic carbocycles. The zero-order valence-electron chi connectivity index (χ0n) is 7.10. The molecule has 0 amide bonds. The van der Waals surface area contributed by atoms with Crippen LogP contribution in [0.3, 0.4) is 0 Å². The summed E-state index contributed by atoms with van der Waals surface area (Å²) in [5, 5.41) is 2.26. The van der Waals surface area contributed by atoms with Gasteiger partial charge in [-0.2, -0.15) is 18.3 Å². The average molecular weight is 198 g/mol. The smallest absolute Gasteiger partial charge is 0.426 e. The molecule has 0 aliphatic heterocycles. The minimum absolute atomic E-state index is 0.181. The average Bonchev–Trinajstić information content (AvgIpc) is 2.01. The molecule has 0 radical (unpaired) electrons. The Morgan fingerprint density at radius 3 is 2.23 bits per heavy atom. The Morgan fingerprint density at radius 2 is 2.00 bits per heavy atom. The molecule has 0 rings (SSSR count). The van der Waals surface area contributed by atoms with Crippen molar-refractivity contribution in [1.29, 1.82) is 5.53 Å². The van der Waals surface area contributed by atoms with Crippen molar-refractivity contribution in [2.75, 3.05) is 6.61 Å². The molecular formula is C6H9F3N2O2. The van der Waals surface area contributed by atoms with Crippen LogP contribution in [-0.4, -0.2) is 24.3 Å². The Balaban J connectivity index is 4.84. The van der Waals surface area contributed by atoms with Gasteiger partial charge in [0.2, 0.25) is 0 Å². The van der Waals surface area contributed by atoms with Crippen molar-refractivity contribution in [2.24, 2.45) is 5.11 Å². The second-order valence-corrected chi connectivity index (χ2v) is 2.40. The summed E-state index contributed by atoms with van der Waals surface area (Å²) in [6.07, 6.45) is -4.90. The highest BCUT2D eigenvalue weighted by molar-refractivity contribution is 5.81. The van der Waals surface area contributed by atoms with Crippen LogP contribution >= 0.6 is 0 Å². The first-order valence-electron chi connectivity index (χ1n) is 3.42. The number of esters is 1. The molecule has 0 aliphatic rings. The van der Waals surface area contributed by atoms with Crippen LogP contribution in [-0.2, 0) is 9.53 Å². The molecule has 0 saturated heterocycles. The lowest BCUT2D eigenvalue weighted by Gasteiger charge is -2.23. The molecule has 13 heavy (non-hydrogen) atoms. The number of halogens is 3. The number of nitrogens with one attached hydrogen (secondary N) is 1. The first-order valence-corrected chi connectivity index (χ1v) is 3.42. The summed E-state index contributed by atoms with van der Waals surface area (Å²) >= 11 is 0. The highest BCUT2D eigenvalue weighted by atomic mass is 19.4. The maximum Gasteiger partial charge on any atom is 0.426 e. The summed E-state index contributed by atoms with van der Waals surface area (Å²) in [4.78, 5) is 10.8. The van der Waals surface area contributed by atoms with Crippen LogP contribution in [0.5, 0.6) is 0 Å². The molecule has 0 saturated carbocycles. The Morgan fingerprint density at radius 1 is 1.54 bits per heavy atom. The topological polar surface area (TPSA) is 62.5 Å². The minimum atomic E-state index is -4.90. The van der Waals surface area contributed by atoms with E-state index >= 15 is 0 Å². The van der Waals surface area contributed by atoms with Crippen molar-refractivity contribution in [3.05, 3.63) is 0 Å². The van der Waals surface area contributed by atoms with Crippen LogP contribution in [0.4, 0.5) is 13.2 Å². The van der Waals surface area contributed by atoms with Gasteiger partial charge in [-0.3, -0.25) is 0 Å². The quantitative estimate of drug-likeness (QED) is 0.556. The van der Waals surface area contributed by atoms with E-state index in [9.17, 15) is 18.0 Å². The molecule has 1 N–H and O–H groups in total. The van der Waals surface area contributed by atoms with Crippen LogP contribution in [0.15, 0.2) is 5.11 Å². The third-order valence-corrected chi connectivity index (χ3v) is 1.45. The van der Waals surface area contributed by atoms with Crippen LogP contribution in [0.2, 0.25) is 0 Å². The molecular weight excluding hydrogens is 189 g/mol. The lowest BCUT2D eigenvalue weighted by Crippen LogP contribution is -2.48. The number of ether oxygens (including phenoxy) is 1. The second-order valence-electron chi connectivity index (χ2n) is 2.40. The van der Waals surface area contributed by atoms with Gasteiger partial charge >= 0.3 is 12.1 Å². The molecule has 0 bridgehead atoms. The van der Waals surface area contributed by atoms with Gasteiger partial charge < -0.3 is 4.74 Å². The highest BCUT2D eigenvalue weighted by Gasteiger charge is 2.59. The van der Waals surface area contributed by atoms with E-state index in [1.54, 1.807) is 0 Å². The third kappa shape index (κ3) is 2.16. The van der Waals surface area contributed by atoms with Crippen molar-refractivity contribution < 1.29 is 22.7 Å². The number of carbonyl (C=O) groups excluding carboxylic acids is 1. The molecule has 76 valence electrons. The Hall–Kier alpha value is -1.14. The SMILES string of the molecule is CCOC(=O)C(C)(N=N)C(F)(F)F. The fourth-order valence-electron chi connectivity index (χ4n) is 0.496. The lowest BCUT2D eigenvalue weighted by molar-refractivity contribution is -0.202. The van der Waals surface area contributed by atoms with E-state index in [1.807, 2.05) is 0 Å².